The summed E-state index contributed by atoms with van der Waals surface area (Å²) in [5.41, 5.74) is 0. The van der Waals surface area contributed by atoms with Crippen LogP contribution >= 0.6 is 0 Å². The molecule has 0 radical (unpaired) electrons. The van der Waals surface area contributed by atoms with Gasteiger partial charge in [-0.3, -0.25) is 15.0 Å². The quantitative estimate of drug-likeness (QED) is 0.666. The average molecular weight is 201 g/mol. The first-order valence-corrected chi connectivity index (χ1v) is 4.94. The summed E-state index contributed by atoms with van der Waals surface area (Å²) in [4.78, 5) is 24.1. The van der Waals surface area contributed by atoms with E-state index in [1.807, 2.05) is 18.7 Å². The number of imide groups is 1. The summed E-state index contributed by atoms with van der Waals surface area (Å²) in [6, 6.07) is -0.426. The normalized spacial score (nSPS) is 10.0. The third-order valence-electron chi connectivity index (χ3n) is 1.85. The summed E-state index contributed by atoms with van der Waals surface area (Å²) in [5, 5.41) is 4.75. The van der Waals surface area contributed by atoms with E-state index in [0.717, 1.165) is 13.1 Å². The van der Waals surface area contributed by atoms with Gasteiger partial charge in [0.25, 0.3) is 0 Å². The van der Waals surface area contributed by atoms with Crippen molar-refractivity contribution < 1.29 is 9.59 Å². The molecule has 0 atom stereocenters. The molecule has 0 heterocycles. The summed E-state index contributed by atoms with van der Waals surface area (Å²) in [5.74, 6) is -0.264. The summed E-state index contributed by atoms with van der Waals surface area (Å²) in [6.45, 7) is 8.15. The molecular weight excluding hydrogens is 182 g/mol. The molecule has 2 N–H and O–H groups in total. The number of carbonyl (C=O) groups excluding carboxylic acids is 2. The monoisotopic (exact) mass is 201 g/mol. The zero-order chi connectivity index (χ0) is 11.0. The summed E-state index contributed by atoms with van der Waals surface area (Å²) in [6.07, 6.45) is 0. The lowest BCUT2D eigenvalue weighted by Crippen LogP contribution is -2.44. The van der Waals surface area contributed by atoms with Gasteiger partial charge >= 0.3 is 6.03 Å². The van der Waals surface area contributed by atoms with Gasteiger partial charge in [0.05, 0.1) is 6.54 Å². The molecule has 14 heavy (non-hydrogen) atoms. The lowest BCUT2D eigenvalue weighted by Gasteiger charge is -2.16. The lowest BCUT2D eigenvalue weighted by atomic mass is 10.4. The summed E-state index contributed by atoms with van der Waals surface area (Å²) >= 11 is 0. The maximum atomic E-state index is 11.2. The Balaban J connectivity index is 3.79. The largest absolute Gasteiger partial charge is 0.338 e. The minimum atomic E-state index is -0.426. The Bertz CT molecular complexity index is 190. The van der Waals surface area contributed by atoms with Gasteiger partial charge < -0.3 is 5.32 Å². The van der Waals surface area contributed by atoms with Crippen LogP contribution in [0.25, 0.3) is 0 Å². The molecule has 0 aromatic carbocycles. The van der Waals surface area contributed by atoms with Crippen LogP contribution < -0.4 is 10.6 Å². The first-order chi connectivity index (χ1) is 6.63. The molecule has 0 aromatic heterocycles. The van der Waals surface area contributed by atoms with Crippen molar-refractivity contribution in [1.29, 1.82) is 0 Å². The highest BCUT2D eigenvalue weighted by Crippen LogP contribution is 1.85. The number of carbonyl (C=O) groups is 2. The number of urea groups is 1. The maximum absolute atomic E-state index is 11.2. The van der Waals surface area contributed by atoms with Gasteiger partial charge in [-0.15, -0.1) is 0 Å². The van der Waals surface area contributed by atoms with Crippen LogP contribution in [0.3, 0.4) is 0 Å². The van der Waals surface area contributed by atoms with E-state index < -0.39 is 6.03 Å². The molecule has 0 saturated heterocycles. The second-order valence-corrected chi connectivity index (χ2v) is 2.87. The van der Waals surface area contributed by atoms with Crippen molar-refractivity contribution in [3.63, 3.8) is 0 Å². The molecule has 0 fully saturated rings. The molecule has 0 aliphatic rings. The van der Waals surface area contributed by atoms with Crippen LogP contribution in [0.2, 0.25) is 0 Å². The fraction of sp³-hybridized carbons (Fsp3) is 0.778. The van der Waals surface area contributed by atoms with Crippen LogP contribution in [0, 0.1) is 0 Å². The van der Waals surface area contributed by atoms with Gasteiger partial charge in [0.1, 0.15) is 0 Å². The van der Waals surface area contributed by atoms with Gasteiger partial charge in [0, 0.05) is 6.54 Å². The molecule has 0 aromatic rings. The molecule has 0 aliphatic heterocycles. The van der Waals surface area contributed by atoms with E-state index in [1.54, 1.807) is 6.92 Å². The Morgan fingerprint density at radius 1 is 1.14 bits per heavy atom. The highest BCUT2D eigenvalue weighted by atomic mass is 16.2. The van der Waals surface area contributed by atoms with E-state index in [9.17, 15) is 9.59 Å². The van der Waals surface area contributed by atoms with Crippen molar-refractivity contribution in [2.75, 3.05) is 26.2 Å². The predicted molar refractivity (Wildman–Crippen MR) is 55.0 cm³/mol. The molecule has 0 saturated carbocycles. The minimum absolute atomic E-state index is 0.264. The van der Waals surface area contributed by atoms with Crippen molar-refractivity contribution in [2.24, 2.45) is 0 Å². The molecule has 0 bridgehead atoms. The maximum Gasteiger partial charge on any atom is 0.321 e. The van der Waals surface area contributed by atoms with E-state index >= 15 is 0 Å². The predicted octanol–water partition coefficient (Wildman–Crippen LogP) is 0.174. The topological polar surface area (TPSA) is 61.4 Å². The van der Waals surface area contributed by atoms with Crippen molar-refractivity contribution in [3.8, 4) is 0 Å². The number of hydrogen-bond donors (Lipinski definition) is 2. The fourth-order valence-corrected chi connectivity index (χ4v) is 1.02. The van der Waals surface area contributed by atoms with Gasteiger partial charge in [-0.2, -0.15) is 0 Å². The van der Waals surface area contributed by atoms with Gasteiger partial charge in [0.15, 0.2) is 0 Å². The molecule has 5 nitrogen and oxygen atoms in total. The molecule has 0 rings (SSSR count). The Kier molecular flexibility index (Phi) is 6.74. The molecule has 5 heteroatoms. The fourth-order valence-electron chi connectivity index (χ4n) is 1.02. The minimum Gasteiger partial charge on any atom is -0.338 e. The molecular formula is C9H19N3O2. The number of likely N-dealkylation sites (N-methyl/N-ethyl adjacent to an activating group) is 1. The first-order valence-electron chi connectivity index (χ1n) is 4.94. The smallest absolute Gasteiger partial charge is 0.321 e. The molecule has 3 amide bonds. The van der Waals surface area contributed by atoms with Gasteiger partial charge in [-0.1, -0.05) is 13.8 Å². The van der Waals surface area contributed by atoms with E-state index in [4.69, 9.17) is 0 Å². The highest BCUT2D eigenvalue weighted by molar-refractivity contribution is 5.95. The number of rotatable bonds is 5. The van der Waals surface area contributed by atoms with Crippen LogP contribution in [0.4, 0.5) is 4.79 Å². The van der Waals surface area contributed by atoms with E-state index in [2.05, 4.69) is 10.6 Å². The molecule has 82 valence electrons. The number of hydrogen-bond acceptors (Lipinski definition) is 3. The first kappa shape index (κ1) is 12.9. The summed E-state index contributed by atoms with van der Waals surface area (Å²) in [7, 11) is 0. The Morgan fingerprint density at radius 2 is 1.71 bits per heavy atom. The number of nitrogens with one attached hydrogen (secondary N) is 2. The van der Waals surface area contributed by atoms with E-state index in [-0.39, 0.29) is 12.5 Å². The SMILES string of the molecule is CCNC(=O)NC(=O)CN(CC)CC. The summed E-state index contributed by atoms with van der Waals surface area (Å²) < 4.78 is 0. The van der Waals surface area contributed by atoms with Crippen molar-refractivity contribution in [3.05, 3.63) is 0 Å². The zero-order valence-electron chi connectivity index (χ0n) is 9.09. The zero-order valence-corrected chi connectivity index (χ0v) is 9.09. The van der Waals surface area contributed by atoms with Crippen LogP contribution in [0.5, 0.6) is 0 Å². The van der Waals surface area contributed by atoms with Gasteiger partial charge in [-0.25, -0.2) is 4.79 Å². The van der Waals surface area contributed by atoms with Gasteiger partial charge in [0.2, 0.25) is 5.91 Å². The van der Waals surface area contributed by atoms with Crippen LogP contribution in [0.15, 0.2) is 0 Å². The van der Waals surface area contributed by atoms with Crippen molar-refractivity contribution >= 4 is 11.9 Å². The lowest BCUT2D eigenvalue weighted by molar-refractivity contribution is -0.121. The molecule has 0 aliphatic carbocycles. The van der Waals surface area contributed by atoms with Crippen LogP contribution in [-0.4, -0.2) is 43.0 Å². The van der Waals surface area contributed by atoms with Crippen molar-refractivity contribution in [2.45, 2.75) is 20.8 Å². The van der Waals surface area contributed by atoms with Crippen LogP contribution in [-0.2, 0) is 4.79 Å². The second-order valence-electron chi connectivity index (χ2n) is 2.87. The van der Waals surface area contributed by atoms with Gasteiger partial charge in [-0.05, 0) is 20.0 Å². The second kappa shape index (κ2) is 7.32. The van der Waals surface area contributed by atoms with E-state index in [0.29, 0.717) is 6.54 Å². The van der Waals surface area contributed by atoms with E-state index in [1.165, 1.54) is 0 Å². The average Bonchev–Trinajstić information content (AvgIpc) is 2.14. The van der Waals surface area contributed by atoms with Crippen molar-refractivity contribution in [1.82, 2.24) is 15.5 Å². The Morgan fingerprint density at radius 3 is 2.14 bits per heavy atom. The number of nitrogens with zero attached hydrogens (tertiary/aromatic N) is 1. The third kappa shape index (κ3) is 5.53. The van der Waals surface area contributed by atoms with Crippen LogP contribution in [0.1, 0.15) is 20.8 Å². The number of amides is 3. The Labute approximate surface area is 84.8 Å². The molecule has 0 unspecified atom stereocenters. The Hall–Kier alpha value is -1.10. The highest BCUT2D eigenvalue weighted by Gasteiger charge is 2.09. The standard InChI is InChI=1S/C9H19N3O2/c1-4-10-9(14)11-8(13)7-12(5-2)6-3/h4-7H2,1-3H3,(H2,10,11,13,14). The third-order valence-corrected chi connectivity index (χ3v) is 1.85. The molecule has 0 spiro atoms.